The zero-order valence-corrected chi connectivity index (χ0v) is 20.8. The van der Waals surface area contributed by atoms with Crippen LogP contribution in [0.25, 0.3) is 0 Å². The number of ether oxygens (including phenoxy) is 2. The lowest BCUT2D eigenvalue weighted by Gasteiger charge is -2.33. The molecule has 33 heavy (non-hydrogen) atoms. The standard InChI is InChI=1S/C27H38N2O4/c1-7-24(26(31)28-27(3,4)5)29(19-21-10-8-11-23(18-21)32-6)25(30)12-9-17-33-22-15-13-20(2)14-16-22/h8,10-11,13-16,18,24H,7,9,12,17,19H2,1-6H3,(H,28,31). The van der Waals surface area contributed by atoms with Crippen LogP contribution >= 0.6 is 0 Å². The first-order chi connectivity index (χ1) is 15.6. The van der Waals surface area contributed by atoms with Gasteiger partial charge in [0.25, 0.3) is 0 Å². The van der Waals surface area contributed by atoms with E-state index < -0.39 is 6.04 Å². The third-order valence-electron chi connectivity index (χ3n) is 5.20. The van der Waals surface area contributed by atoms with Gasteiger partial charge >= 0.3 is 0 Å². The van der Waals surface area contributed by atoms with E-state index in [4.69, 9.17) is 9.47 Å². The molecular weight excluding hydrogens is 416 g/mol. The van der Waals surface area contributed by atoms with Crippen LogP contribution in [-0.2, 0) is 16.1 Å². The molecule has 0 fully saturated rings. The van der Waals surface area contributed by atoms with Gasteiger partial charge < -0.3 is 19.7 Å². The Morgan fingerprint density at radius 1 is 1.06 bits per heavy atom. The summed E-state index contributed by atoms with van der Waals surface area (Å²) in [6, 6.07) is 14.9. The molecule has 2 aromatic carbocycles. The summed E-state index contributed by atoms with van der Waals surface area (Å²) in [4.78, 5) is 28.0. The molecule has 2 rings (SSSR count). The van der Waals surface area contributed by atoms with Gasteiger partial charge in [-0.15, -0.1) is 0 Å². The highest BCUT2D eigenvalue weighted by Gasteiger charge is 2.30. The number of benzene rings is 2. The second kappa shape index (κ2) is 12.3. The topological polar surface area (TPSA) is 67.9 Å². The Morgan fingerprint density at radius 2 is 1.76 bits per heavy atom. The van der Waals surface area contributed by atoms with E-state index in [9.17, 15) is 9.59 Å². The van der Waals surface area contributed by atoms with Crippen LogP contribution in [0.5, 0.6) is 11.5 Å². The molecule has 0 saturated carbocycles. The van der Waals surface area contributed by atoms with Crippen LogP contribution in [0.2, 0.25) is 0 Å². The highest BCUT2D eigenvalue weighted by Crippen LogP contribution is 2.19. The predicted molar refractivity (Wildman–Crippen MR) is 131 cm³/mol. The molecule has 0 spiro atoms. The smallest absolute Gasteiger partial charge is 0.243 e. The lowest BCUT2D eigenvalue weighted by Crippen LogP contribution is -2.53. The molecule has 1 unspecified atom stereocenters. The van der Waals surface area contributed by atoms with Gasteiger partial charge in [-0.05, 0) is 70.4 Å². The monoisotopic (exact) mass is 454 g/mol. The van der Waals surface area contributed by atoms with Crippen molar-refractivity contribution in [1.82, 2.24) is 10.2 Å². The van der Waals surface area contributed by atoms with Crippen molar-refractivity contribution >= 4 is 11.8 Å². The number of nitrogens with zero attached hydrogens (tertiary/aromatic N) is 1. The van der Waals surface area contributed by atoms with E-state index >= 15 is 0 Å². The van der Waals surface area contributed by atoms with Crippen molar-refractivity contribution in [2.45, 2.75) is 72.0 Å². The van der Waals surface area contributed by atoms with Gasteiger partial charge in [-0.1, -0.05) is 36.8 Å². The van der Waals surface area contributed by atoms with Crippen molar-refractivity contribution < 1.29 is 19.1 Å². The van der Waals surface area contributed by atoms with Gasteiger partial charge in [0, 0.05) is 18.5 Å². The zero-order chi connectivity index (χ0) is 24.4. The highest BCUT2D eigenvalue weighted by molar-refractivity contribution is 5.88. The van der Waals surface area contributed by atoms with E-state index in [-0.39, 0.29) is 17.4 Å². The lowest BCUT2D eigenvalue weighted by atomic mass is 10.0. The van der Waals surface area contributed by atoms with E-state index in [0.717, 1.165) is 17.1 Å². The third kappa shape index (κ3) is 8.79. The fourth-order valence-corrected chi connectivity index (χ4v) is 3.53. The van der Waals surface area contributed by atoms with Crippen LogP contribution < -0.4 is 14.8 Å². The van der Waals surface area contributed by atoms with Crippen LogP contribution in [0.3, 0.4) is 0 Å². The van der Waals surface area contributed by atoms with E-state index in [1.807, 2.05) is 83.1 Å². The first kappa shape index (κ1) is 26.2. The Balaban J connectivity index is 2.10. The van der Waals surface area contributed by atoms with E-state index in [2.05, 4.69) is 5.32 Å². The molecule has 6 heteroatoms. The molecular formula is C27H38N2O4. The summed E-state index contributed by atoms with van der Waals surface area (Å²) in [5.41, 5.74) is 1.71. The molecule has 0 bridgehead atoms. The Labute approximate surface area is 198 Å². The average Bonchev–Trinajstić information content (AvgIpc) is 2.76. The minimum Gasteiger partial charge on any atom is -0.497 e. The summed E-state index contributed by atoms with van der Waals surface area (Å²) in [7, 11) is 1.61. The molecule has 0 heterocycles. The van der Waals surface area contributed by atoms with Gasteiger partial charge in [0.15, 0.2) is 0 Å². The zero-order valence-electron chi connectivity index (χ0n) is 20.8. The molecule has 180 valence electrons. The molecule has 0 saturated heterocycles. The van der Waals surface area contributed by atoms with Crippen molar-refractivity contribution in [2.75, 3.05) is 13.7 Å². The molecule has 1 N–H and O–H groups in total. The van der Waals surface area contributed by atoms with Gasteiger partial charge in [-0.2, -0.15) is 0 Å². The number of nitrogens with one attached hydrogen (secondary N) is 1. The fraction of sp³-hybridized carbons (Fsp3) is 0.481. The Bertz CT molecular complexity index is 903. The summed E-state index contributed by atoms with van der Waals surface area (Å²) in [6.45, 7) is 10.5. The number of rotatable bonds is 11. The third-order valence-corrected chi connectivity index (χ3v) is 5.20. The average molecular weight is 455 g/mol. The van der Waals surface area contributed by atoms with Crippen LogP contribution in [0.4, 0.5) is 0 Å². The maximum absolute atomic E-state index is 13.3. The number of hydrogen-bond acceptors (Lipinski definition) is 4. The maximum Gasteiger partial charge on any atom is 0.243 e. The molecule has 6 nitrogen and oxygen atoms in total. The number of carbonyl (C=O) groups excluding carboxylic acids is 2. The van der Waals surface area contributed by atoms with Crippen molar-refractivity contribution in [1.29, 1.82) is 0 Å². The quantitative estimate of drug-likeness (QED) is 0.491. The molecule has 0 aliphatic heterocycles. The van der Waals surface area contributed by atoms with Crippen molar-refractivity contribution in [3.8, 4) is 11.5 Å². The van der Waals surface area contributed by atoms with Crippen LogP contribution in [0, 0.1) is 6.92 Å². The molecule has 0 aliphatic carbocycles. The summed E-state index contributed by atoms with van der Waals surface area (Å²) >= 11 is 0. The summed E-state index contributed by atoms with van der Waals surface area (Å²) in [5, 5.41) is 3.02. The molecule has 0 aromatic heterocycles. The second-order valence-electron chi connectivity index (χ2n) is 9.30. The summed E-state index contributed by atoms with van der Waals surface area (Å²) in [5.74, 6) is 1.30. The predicted octanol–water partition coefficient (Wildman–Crippen LogP) is 4.88. The summed E-state index contributed by atoms with van der Waals surface area (Å²) in [6.07, 6.45) is 1.39. The molecule has 1 atom stereocenters. The number of amides is 2. The first-order valence-corrected chi connectivity index (χ1v) is 11.6. The van der Waals surface area contributed by atoms with E-state index in [0.29, 0.717) is 32.4 Å². The van der Waals surface area contributed by atoms with Crippen molar-refractivity contribution in [3.63, 3.8) is 0 Å². The number of aryl methyl sites for hydroxylation is 1. The van der Waals surface area contributed by atoms with E-state index in [1.54, 1.807) is 12.0 Å². The number of hydrogen-bond donors (Lipinski definition) is 1. The van der Waals surface area contributed by atoms with Crippen LogP contribution in [0.1, 0.15) is 58.1 Å². The highest BCUT2D eigenvalue weighted by atomic mass is 16.5. The molecule has 2 amide bonds. The van der Waals surface area contributed by atoms with Gasteiger partial charge in [0.2, 0.25) is 11.8 Å². The number of carbonyl (C=O) groups is 2. The normalized spacial score (nSPS) is 12.1. The molecule has 2 aromatic rings. The van der Waals surface area contributed by atoms with Crippen LogP contribution in [0.15, 0.2) is 48.5 Å². The van der Waals surface area contributed by atoms with Gasteiger partial charge in [0.05, 0.1) is 13.7 Å². The van der Waals surface area contributed by atoms with Gasteiger partial charge in [-0.25, -0.2) is 0 Å². The first-order valence-electron chi connectivity index (χ1n) is 11.6. The minimum absolute atomic E-state index is 0.0683. The molecule has 0 aliphatic rings. The van der Waals surface area contributed by atoms with Gasteiger partial charge in [-0.3, -0.25) is 9.59 Å². The largest absolute Gasteiger partial charge is 0.497 e. The maximum atomic E-state index is 13.3. The second-order valence-corrected chi connectivity index (χ2v) is 9.30. The fourth-order valence-electron chi connectivity index (χ4n) is 3.53. The Kier molecular flexibility index (Phi) is 9.76. The summed E-state index contributed by atoms with van der Waals surface area (Å²) < 4.78 is 11.1. The lowest BCUT2D eigenvalue weighted by molar-refractivity contribution is -0.142. The molecule has 0 radical (unpaired) electrons. The Morgan fingerprint density at radius 3 is 2.36 bits per heavy atom. The minimum atomic E-state index is -0.555. The Hall–Kier alpha value is -3.02. The number of methoxy groups -OCH3 is 1. The van der Waals surface area contributed by atoms with Crippen LogP contribution in [-0.4, -0.2) is 42.0 Å². The van der Waals surface area contributed by atoms with Gasteiger partial charge in [0.1, 0.15) is 17.5 Å². The van der Waals surface area contributed by atoms with Crippen molar-refractivity contribution in [2.24, 2.45) is 0 Å². The SMILES string of the molecule is CCC(C(=O)NC(C)(C)C)N(Cc1cccc(OC)c1)C(=O)CCCOc1ccc(C)cc1. The van der Waals surface area contributed by atoms with E-state index in [1.165, 1.54) is 5.56 Å². The van der Waals surface area contributed by atoms with Crippen molar-refractivity contribution in [3.05, 3.63) is 59.7 Å².